The van der Waals surface area contributed by atoms with Gasteiger partial charge in [-0.05, 0) is 73.2 Å². The molecule has 3 amide bonds. The Labute approximate surface area is 245 Å². The summed E-state index contributed by atoms with van der Waals surface area (Å²) < 4.78 is 21.6. The van der Waals surface area contributed by atoms with Crippen LogP contribution < -0.4 is 24.8 Å². The van der Waals surface area contributed by atoms with Crippen LogP contribution in [-0.2, 0) is 16.1 Å². The Morgan fingerprint density at radius 1 is 0.976 bits per heavy atom. The summed E-state index contributed by atoms with van der Waals surface area (Å²) in [5, 5.41) is 6.02. The lowest BCUT2D eigenvalue weighted by molar-refractivity contribution is -0.138. The van der Waals surface area contributed by atoms with E-state index in [1.807, 2.05) is 19.1 Å². The molecule has 3 aromatic carbocycles. The van der Waals surface area contributed by atoms with Crippen LogP contribution >= 0.6 is 11.8 Å². The number of nitrogens with one attached hydrogen (secondary N) is 2. The second-order valence-corrected chi connectivity index (χ2v) is 10.5. The highest BCUT2D eigenvalue weighted by Gasteiger charge is 2.40. The Hall–Kier alpha value is -5.16. The number of fused-ring (bicyclic) bond motifs is 1. The lowest BCUT2D eigenvalue weighted by atomic mass is 10.2. The summed E-state index contributed by atoms with van der Waals surface area (Å²) in [6, 6.07) is 20.9. The predicted molar refractivity (Wildman–Crippen MR) is 155 cm³/mol. The number of anilines is 2. The number of amides is 3. The van der Waals surface area contributed by atoms with Crippen molar-refractivity contribution >= 4 is 40.9 Å². The Bertz CT molecular complexity index is 1730. The van der Waals surface area contributed by atoms with Crippen LogP contribution in [0.2, 0.25) is 0 Å². The normalized spacial score (nSPS) is 14.0. The number of hydrogen-bond acceptors (Lipinski definition) is 9. The molecule has 6 rings (SSSR count). The van der Waals surface area contributed by atoms with Gasteiger partial charge >= 0.3 is 0 Å². The number of ether oxygens (including phenoxy) is 3. The van der Waals surface area contributed by atoms with E-state index in [0.29, 0.717) is 44.8 Å². The van der Waals surface area contributed by atoms with E-state index in [-0.39, 0.29) is 29.8 Å². The number of hydrogen-bond donors (Lipinski definition) is 2. The van der Waals surface area contributed by atoms with Gasteiger partial charge < -0.3 is 29.3 Å². The van der Waals surface area contributed by atoms with Crippen LogP contribution in [0.5, 0.6) is 17.2 Å². The maximum atomic E-state index is 13.6. The lowest BCUT2D eigenvalue weighted by Crippen LogP contribution is -2.31. The van der Waals surface area contributed by atoms with E-state index in [9.17, 15) is 14.4 Å². The minimum atomic E-state index is -0.491. The van der Waals surface area contributed by atoms with Crippen LogP contribution in [0.3, 0.4) is 0 Å². The van der Waals surface area contributed by atoms with Crippen LogP contribution in [0, 0.1) is 6.92 Å². The molecule has 0 spiro atoms. The van der Waals surface area contributed by atoms with E-state index in [4.69, 9.17) is 18.6 Å². The molecule has 42 heavy (non-hydrogen) atoms. The monoisotopic (exact) mass is 583 g/mol. The molecule has 0 bridgehead atoms. The quantitative estimate of drug-likeness (QED) is 0.244. The molecule has 1 aromatic heterocycles. The van der Waals surface area contributed by atoms with Gasteiger partial charge in [0.15, 0.2) is 11.5 Å². The number of carbonyl (C=O) groups is 3. The second kappa shape index (κ2) is 11.4. The first kappa shape index (κ1) is 27.0. The molecule has 0 saturated carbocycles. The minimum Gasteiger partial charge on any atom is -0.495 e. The van der Waals surface area contributed by atoms with E-state index >= 15 is 0 Å². The van der Waals surface area contributed by atoms with Crippen molar-refractivity contribution in [2.75, 3.05) is 24.5 Å². The third kappa shape index (κ3) is 5.41. The van der Waals surface area contributed by atoms with Crippen molar-refractivity contribution in [3.05, 3.63) is 107 Å². The maximum Gasteiger partial charge on any atom is 0.278 e. The highest BCUT2D eigenvalue weighted by molar-refractivity contribution is 8.04. The zero-order chi connectivity index (χ0) is 29.2. The van der Waals surface area contributed by atoms with Gasteiger partial charge in [-0.15, -0.1) is 0 Å². The first-order valence-corrected chi connectivity index (χ1v) is 13.7. The number of benzene rings is 3. The first-order chi connectivity index (χ1) is 20.4. The number of aryl methyl sites for hydroxylation is 1. The van der Waals surface area contributed by atoms with Gasteiger partial charge in [0.2, 0.25) is 6.79 Å². The Morgan fingerprint density at radius 3 is 2.64 bits per heavy atom. The Balaban J connectivity index is 1.28. The fourth-order valence-corrected chi connectivity index (χ4v) is 5.52. The van der Waals surface area contributed by atoms with Crippen molar-refractivity contribution in [1.82, 2.24) is 4.90 Å². The van der Waals surface area contributed by atoms with Gasteiger partial charge in [-0.1, -0.05) is 23.9 Å². The first-order valence-electron chi connectivity index (χ1n) is 12.9. The highest BCUT2D eigenvalue weighted by atomic mass is 32.2. The average molecular weight is 584 g/mol. The van der Waals surface area contributed by atoms with Crippen LogP contribution in [0.15, 0.2) is 99.0 Å². The molecule has 0 fully saturated rings. The van der Waals surface area contributed by atoms with E-state index in [2.05, 4.69) is 10.6 Å². The molecular formula is C31H25N3O7S. The summed E-state index contributed by atoms with van der Waals surface area (Å²) in [6.07, 6.45) is 1.49. The molecule has 10 nitrogen and oxygen atoms in total. The van der Waals surface area contributed by atoms with E-state index in [1.165, 1.54) is 13.4 Å². The number of furan rings is 1. The third-order valence-electron chi connectivity index (χ3n) is 6.58. The van der Waals surface area contributed by atoms with Gasteiger partial charge in [0.05, 0.1) is 25.6 Å². The van der Waals surface area contributed by atoms with Crippen LogP contribution in [0.25, 0.3) is 0 Å². The zero-order valence-corrected chi connectivity index (χ0v) is 23.4. The van der Waals surface area contributed by atoms with Crippen molar-refractivity contribution in [1.29, 1.82) is 0 Å². The molecule has 0 atom stereocenters. The minimum absolute atomic E-state index is 0.0174. The van der Waals surface area contributed by atoms with Crippen molar-refractivity contribution in [3.8, 4) is 17.2 Å². The average Bonchev–Trinajstić information content (AvgIpc) is 3.73. The van der Waals surface area contributed by atoms with E-state index < -0.39 is 11.8 Å². The molecule has 0 aliphatic carbocycles. The van der Waals surface area contributed by atoms with Crippen molar-refractivity contribution in [2.45, 2.75) is 18.4 Å². The summed E-state index contributed by atoms with van der Waals surface area (Å²) in [6.45, 7) is 2.02. The number of methoxy groups -OCH3 is 1. The van der Waals surface area contributed by atoms with Gasteiger partial charge in [-0.25, -0.2) is 0 Å². The van der Waals surface area contributed by atoms with Gasteiger partial charge in [0.1, 0.15) is 22.1 Å². The number of carbonyl (C=O) groups excluding carboxylic acids is 3. The van der Waals surface area contributed by atoms with Crippen molar-refractivity contribution in [3.63, 3.8) is 0 Å². The van der Waals surface area contributed by atoms with E-state index in [0.717, 1.165) is 22.2 Å². The molecule has 212 valence electrons. The van der Waals surface area contributed by atoms with Crippen molar-refractivity contribution in [2.24, 2.45) is 0 Å². The molecule has 11 heteroatoms. The topological polar surface area (TPSA) is 119 Å². The fourth-order valence-electron chi connectivity index (χ4n) is 4.51. The molecule has 3 heterocycles. The Morgan fingerprint density at radius 2 is 1.83 bits per heavy atom. The molecule has 2 aliphatic heterocycles. The SMILES string of the molecule is COc1ccc(C)cc1NC1=C(Sc2cccc(NC(=O)c3ccc4c(c3)OCO4)c2)C(=O)N(Cc2ccco2)C1=O. The van der Waals surface area contributed by atoms with Crippen LogP contribution in [0.4, 0.5) is 11.4 Å². The summed E-state index contributed by atoms with van der Waals surface area (Å²) >= 11 is 1.12. The van der Waals surface area contributed by atoms with Gasteiger partial charge in [0, 0.05) is 16.1 Å². The molecule has 0 radical (unpaired) electrons. The molecule has 2 aliphatic rings. The number of nitrogens with zero attached hydrogens (tertiary/aromatic N) is 1. The second-order valence-electron chi connectivity index (χ2n) is 9.46. The number of thioether (sulfide) groups is 1. The standard InChI is InChI=1S/C31H25N3O7S/c1-18-8-10-24(38-2)23(13-18)33-27-28(31(37)34(30(27)36)16-21-6-4-12-39-21)42-22-7-3-5-20(15-22)32-29(35)19-9-11-25-26(14-19)41-17-40-25/h3-15,33H,16-17H2,1-2H3,(H,32,35). The largest absolute Gasteiger partial charge is 0.495 e. The lowest BCUT2D eigenvalue weighted by Gasteiger charge is -2.15. The fraction of sp³-hybridized carbons (Fsp3) is 0.129. The molecule has 0 unspecified atom stereocenters. The highest BCUT2D eigenvalue weighted by Crippen LogP contribution is 2.39. The van der Waals surface area contributed by atoms with Crippen molar-refractivity contribution < 1.29 is 33.0 Å². The number of rotatable bonds is 9. The molecule has 0 saturated heterocycles. The summed E-state index contributed by atoms with van der Waals surface area (Å²) in [7, 11) is 1.54. The molecule has 4 aromatic rings. The van der Waals surface area contributed by atoms with Gasteiger partial charge in [-0.3, -0.25) is 19.3 Å². The van der Waals surface area contributed by atoms with Crippen LogP contribution in [0.1, 0.15) is 21.7 Å². The van der Waals surface area contributed by atoms with Crippen LogP contribution in [-0.4, -0.2) is 36.5 Å². The van der Waals surface area contributed by atoms with E-state index in [1.54, 1.807) is 60.7 Å². The summed E-state index contributed by atoms with van der Waals surface area (Å²) in [5.74, 6) is 0.801. The molecular weight excluding hydrogens is 558 g/mol. The summed E-state index contributed by atoms with van der Waals surface area (Å²) in [5.41, 5.74) is 2.54. The van der Waals surface area contributed by atoms with Gasteiger partial charge in [0.25, 0.3) is 17.7 Å². The van der Waals surface area contributed by atoms with Gasteiger partial charge in [-0.2, -0.15) is 0 Å². The Kier molecular flexibility index (Phi) is 7.32. The predicted octanol–water partition coefficient (Wildman–Crippen LogP) is 5.56. The summed E-state index contributed by atoms with van der Waals surface area (Å²) in [4.78, 5) is 42.2. The molecule has 2 N–H and O–H groups in total. The third-order valence-corrected chi connectivity index (χ3v) is 7.65. The smallest absolute Gasteiger partial charge is 0.278 e. The zero-order valence-electron chi connectivity index (χ0n) is 22.6. The number of imide groups is 1. The maximum absolute atomic E-state index is 13.6.